The van der Waals surface area contributed by atoms with Crippen LogP contribution < -0.4 is 21.0 Å². The monoisotopic (exact) mass is 334 g/mol. The Labute approximate surface area is 146 Å². The first-order chi connectivity index (χ1) is 12.4. The number of fused-ring (bicyclic) bond motifs is 10. The molecule has 2 aromatic heterocycles. The molecule has 0 radical (unpaired) electrons. The highest BCUT2D eigenvalue weighted by molar-refractivity contribution is 7.23. The molecule has 0 N–H and O–H groups in total. The number of rotatable bonds is 0. The van der Waals surface area contributed by atoms with Gasteiger partial charge in [0.25, 0.3) is 0 Å². The molecule has 2 nitrogen and oxygen atoms in total. The van der Waals surface area contributed by atoms with Crippen LogP contribution in [-0.4, -0.2) is 18.0 Å². The van der Waals surface area contributed by atoms with E-state index < -0.39 is 8.07 Å². The smallest absolute Gasteiger partial charge is 0.226 e. The molecular weight excluding hydrogens is 320 g/mol. The topological polar surface area (TPSA) is 25.8 Å². The Morgan fingerprint density at radius 1 is 0.480 bits per heavy atom. The summed E-state index contributed by atoms with van der Waals surface area (Å²) in [7, 11) is -2.37. The average Bonchev–Trinajstić information content (AvgIpc) is 3.16. The summed E-state index contributed by atoms with van der Waals surface area (Å²) < 4.78 is 0. The quantitative estimate of drug-likeness (QED) is 0.396. The van der Waals surface area contributed by atoms with Crippen molar-refractivity contribution in [2.75, 3.05) is 0 Å². The molecule has 0 bridgehead atoms. The van der Waals surface area contributed by atoms with Crippen LogP contribution >= 0.6 is 0 Å². The zero-order valence-electron chi connectivity index (χ0n) is 13.5. The third kappa shape index (κ3) is 1.41. The van der Waals surface area contributed by atoms with E-state index in [9.17, 15) is 0 Å². The molecule has 0 aliphatic carbocycles. The predicted octanol–water partition coefficient (Wildman–Crippen LogP) is 1.81. The Hall–Kier alpha value is -3.04. The van der Waals surface area contributed by atoms with Gasteiger partial charge in [-0.1, -0.05) is 60.7 Å². The van der Waals surface area contributed by atoms with Crippen LogP contribution in [0.3, 0.4) is 0 Å². The molecule has 2 aliphatic heterocycles. The number of hydrogen-bond donors (Lipinski definition) is 0. The predicted molar refractivity (Wildman–Crippen MR) is 104 cm³/mol. The third-order valence-electron chi connectivity index (χ3n) is 5.57. The van der Waals surface area contributed by atoms with Crippen LogP contribution in [0.2, 0.25) is 0 Å². The summed E-state index contributed by atoms with van der Waals surface area (Å²) >= 11 is 0. The highest BCUT2D eigenvalue weighted by Crippen LogP contribution is 2.33. The van der Waals surface area contributed by atoms with Gasteiger partial charge in [-0.25, -0.2) is 0 Å². The summed E-state index contributed by atoms with van der Waals surface area (Å²) in [6, 6.07) is 26.2. The van der Waals surface area contributed by atoms with Crippen molar-refractivity contribution in [3.8, 4) is 22.3 Å². The molecule has 6 rings (SSSR count). The van der Waals surface area contributed by atoms with E-state index in [0.717, 1.165) is 0 Å². The van der Waals surface area contributed by atoms with Gasteiger partial charge in [-0.15, -0.1) is 0 Å². The second kappa shape index (κ2) is 4.52. The fourth-order valence-electron chi connectivity index (χ4n) is 4.70. The summed E-state index contributed by atoms with van der Waals surface area (Å²) in [6.07, 6.45) is 3.87. The molecule has 3 heteroatoms. The molecule has 0 unspecified atom stereocenters. The number of aromatic nitrogens is 2. The SMILES string of the molecule is c1ccc2c(c1)-c1ccccc1[Si]21c2ncccc2-c2cccnc21. The van der Waals surface area contributed by atoms with E-state index in [1.165, 1.54) is 43.3 Å². The van der Waals surface area contributed by atoms with Gasteiger partial charge in [-0.3, -0.25) is 9.97 Å². The van der Waals surface area contributed by atoms with Gasteiger partial charge in [0.2, 0.25) is 8.07 Å². The van der Waals surface area contributed by atoms with Crippen LogP contribution in [-0.2, 0) is 0 Å². The van der Waals surface area contributed by atoms with Gasteiger partial charge < -0.3 is 0 Å². The lowest BCUT2D eigenvalue weighted by molar-refractivity contribution is 1.39. The first kappa shape index (κ1) is 13.3. The molecule has 4 heterocycles. The molecule has 2 aromatic carbocycles. The molecule has 1 spiro atoms. The lowest BCUT2D eigenvalue weighted by Crippen LogP contribution is -2.72. The Morgan fingerprint density at radius 3 is 1.44 bits per heavy atom. The highest BCUT2D eigenvalue weighted by Gasteiger charge is 2.56. The third-order valence-corrected chi connectivity index (χ3v) is 10.3. The second-order valence-corrected chi connectivity index (χ2v) is 10.2. The second-order valence-electron chi connectivity index (χ2n) is 6.64. The van der Waals surface area contributed by atoms with Gasteiger partial charge in [-0.2, -0.15) is 0 Å². The maximum absolute atomic E-state index is 4.93. The number of hydrogen-bond acceptors (Lipinski definition) is 2. The van der Waals surface area contributed by atoms with E-state index in [0.29, 0.717) is 0 Å². The Bertz CT molecular complexity index is 978. The zero-order valence-corrected chi connectivity index (χ0v) is 14.5. The fourth-order valence-corrected chi connectivity index (χ4v) is 9.95. The van der Waals surface area contributed by atoms with Crippen molar-refractivity contribution in [2.45, 2.75) is 0 Å². The summed E-state index contributed by atoms with van der Waals surface area (Å²) in [5, 5.41) is 5.32. The first-order valence-corrected chi connectivity index (χ1v) is 10.5. The number of benzene rings is 2. The molecule has 25 heavy (non-hydrogen) atoms. The van der Waals surface area contributed by atoms with Gasteiger partial charge in [0.15, 0.2) is 0 Å². The summed E-state index contributed by atoms with van der Waals surface area (Å²) in [6.45, 7) is 0. The molecule has 0 amide bonds. The van der Waals surface area contributed by atoms with Crippen LogP contribution in [0.5, 0.6) is 0 Å². The standard InChI is InChI=1S/C22H14N2Si/c1-3-11-19-15(7-1)16-8-2-4-12-20(16)25(19)21-17(9-5-13-23-21)18-10-6-14-24-22(18)25/h1-14H. The van der Waals surface area contributed by atoms with E-state index in [-0.39, 0.29) is 0 Å². The normalized spacial score (nSPS) is 14.7. The average molecular weight is 334 g/mol. The van der Waals surface area contributed by atoms with Gasteiger partial charge in [0.05, 0.1) is 0 Å². The first-order valence-electron chi connectivity index (χ1n) is 8.53. The molecular formula is C22H14N2Si. The van der Waals surface area contributed by atoms with E-state index in [2.05, 4.69) is 60.7 Å². The molecule has 0 saturated heterocycles. The van der Waals surface area contributed by atoms with Gasteiger partial charge in [0.1, 0.15) is 0 Å². The number of nitrogens with zero attached hydrogens (tertiary/aromatic N) is 2. The van der Waals surface area contributed by atoms with E-state index in [4.69, 9.17) is 9.97 Å². The van der Waals surface area contributed by atoms with Crippen molar-refractivity contribution in [1.82, 2.24) is 9.97 Å². The van der Waals surface area contributed by atoms with Gasteiger partial charge in [0, 0.05) is 34.2 Å². The van der Waals surface area contributed by atoms with E-state index in [1.54, 1.807) is 0 Å². The summed E-state index contributed by atoms with van der Waals surface area (Å²) in [5.74, 6) is 0. The molecule has 4 aromatic rings. The van der Waals surface area contributed by atoms with Crippen molar-refractivity contribution >= 4 is 29.1 Å². The molecule has 0 saturated carbocycles. The van der Waals surface area contributed by atoms with E-state index in [1.807, 2.05) is 24.5 Å². The largest absolute Gasteiger partial charge is 0.264 e. The van der Waals surface area contributed by atoms with Crippen LogP contribution in [0.25, 0.3) is 22.3 Å². The maximum Gasteiger partial charge on any atom is 0.226 e. The Kier molecular flexibility index (Phi) is 2.40. The van der Waals surface area contributed by atoms with Gasteiger partial charge in [-0.05, 0) is 33.6 Å². The van der Waals surface area contributed by atoms with Crippen LogP contribution in [0.15, 0.2) is 85.2 Å². The van der Waals surface area contributed by atoms with E-state index >= 15 is 0 Å². The minimum Gasteiger partial charge on any atom is -0.264 e. The highest BCUT2D eigenvalue weighted by atomic mass is 28.3. The molecule has 2 aliphatic rings. The molecule has 0 atom stereocenters. The summed E-state index contributed by atoms with van der Waals surface area (Å²) in [5.41, 5.74) is 5.20. The molecule has 116 valence electrons. The van der Waals surface area contributed by atoms with Crippen molar-refractivity contribution in [2.24, 2.45) is 0 Å². The maximum atomic E-state index is 4.93. The van der Waals surface area contributed by atoms with Crippen molar-refractivity contribution in [3.05, 3.63) is 85.2 Å². The minimum atomic E-state index is -2.37. The van der Waals surface area contributed by atoms with Crippen LogP contribution in [0.1, 0.15) is 0 Å². The van der Waals surface area contributed by atoms with Crippen molar-refractivity contribution < 1.29 is 0 Å². The number of pyridine rings is 2. The summed E-state index contributed by atoms with van der Waals surface area (Å²) in [4.78, 5) is 9.86. The molecule has 0 fully saturated rings. The lowest BCUT2D eigenvalue weighted by Gasteiger charge is -2.24. The van der Waals surface area contributed by atoms with Crippen molar-refractivity contribution in [1.29, 1.82) is 0 Å². The van der Waals surface area contributed by atoms with Crippen molar-refractivity contribution in [3.63, 3.8) is 0 Å². The Balaban J connectivity index is 1.89. The van der Waals surface area contributed by atoms with Crippen LogP contribution in [0.4, 0.5) is 0 Å². The zero-order chi connectivity index (χ0) is 16.4. The fraction of sp³-hybridized carbons (Fsp3) is 0. The van der Waals surface area contributed by atoms with Crippen LogP contribution in [0, 0.1) is 0 Å². The lowest BCUT2D eigenvalue weighted by atomic mass is 10.1. The minimum absolute atomic E-state index is 1.24. The van der Waals surface area contributed by atoms with Gasteiger partial charge >= 0.3 is 0 Å². The Morgan fingerprint density at radius 2 is 0.920 bits per heavy atom.